The molecule has 76 valence electrons. The van der Waals surface area contributed by atoms with E-state index in [0.29, 0.717) is 11.0 Å². The molecule has 14 heavy (non-hydrogen) atoms. The molecule has 0 aliphatic carbocycles. The van der Waals surface area contributed by atoms with Gasteiger partial charge in [-0.25, -0.2) is 0 Å². The van der Waals surface area contributed by atoms with Crippen molar-refractivity contribution in [3.05, 3.63) is 30.1 Å². The van der Waals surface area contributed by atoms with Gasteiger partial charge < -0.3 is 5.32 Å². The molecule has 0 spiro atoms. The van der Waals surface area contributed by atoms with E-state index in [0.717, 1.165) is 25.1 Å². The molecule has 2 rings (SSSR count). The van der Waals surface area contributed by atoms with Crippen LogP contribution in [0.3, 0.4) is 0 Å². The van der Waals surface area contributed by atoms with Crippen LogP contribution >= 0.6 is 0 Å². The Labute approximate surface area is 86.4 Å². The van der Waals surface area contributed by atoms with Crippen molar-refractivity contribution in [2.75, 3.05) is 13.1 Å². The quantitative estimate of drug-likeness (QED) is 0.798. The summed E-state index contributed by atoms with van der Waals surface area (Å²) in [6, 6.07) is 3.86. The number of nitrogens with one attached hydrogen (secondary N) is 1. The molecule has 2 atom stereocenters. The van der Waals surface area contributed by atoms with Gasteiger partial charge in [-0.05, 0) is 30.7 Å². The maximum Gasteiger partial charge on any atom is 0.0490 e. The summed E-state index contributed by atoms with van der Waals surface area (Å²) in [6.07, 6.45) is 4.54. The molecular formula is C10H14N2OS. The molecule has 1 N–H and O–H groups in total. The first kappa shape index (κ1) is 9.80. The second kappa shape index (κ2) is 4.66. The van der Waals surface area contributed by atoms with Gasteiger partial charge in [-0.1, -0.05) is 0 Å². The molecule has 0 saturated carbocycles. The summed E-state index contributed by atoms with van der Waals surface area (Å²) < 4.78 is 11.9. The predicted octanol–water partition coefficient (Wildman–Crippen LogP) is 0.692. The SMILES string of the molecule is O=[S@@](Cc1ccncc1)[C@H]1CCNC1. The van der Waals surface area contributed by atoms with Crippen LogP contribution in [0.4, 0.5) is 0 Å². The molecule has 1 aromatic rings. The molecule has 0 bridgehead atoms. The van der Waals surface area contributed by atoms with Crippen LogP contribution in [0, 0.1) is 0 Å². The maximum absolute atomic E-state index is 11.9. The summed E-state index contributed by atoms with van der Waals surface area (Å²) in [5.41, 5.74) is 1.12. The van der Waals surface area contributed by atoms with Crippen LogP contribution < -0.4 is 5.32 Å². The number of rotatable bonds is 3. The maximum atomic E-state index is 11.9. The second-order valence-electron chi connectivity index (χ2n) is 3.50. The summed E-state index contributed by atoms with van der Waals surface area (Å²) in [5.74, 6) is 0.662. The minimum absolute atomic E-state index is 0.336. The van der Waals surface area contributed by atoms with Gasteiger partial charge in [-0.2, -0.15) is 0 Å². The third-order valence-electron chi connectivity index (χ3n) is 2.45. The second-order valence-corrected chi connectivity index (χ2v) is 5.21. The summed E-state index contributed by atoms with van der Waals surface area (Å²) in [6.45, 7) is 1.91. The Balaban J connectivity index is 1.94. The van der Waals surface area contributed by atoms with Crippen molar-refractivity contribution in [3.63, 3.8) is 0 Å². The lowest BCUT2D eigenvalue weighted by molar-refractivity contribution is 0.672. The van der Waals surface area contributed by atoms with Crippen molar-refractivity contribution in [2.45, 2.75) is 17.4 Å². The molecule has 1 fully saturated rings. The zero-order valence-corrected chi connectivity index (χ0v) is 8.80. The molecule has 0 radical (unpaired) electrons. The predicted molar refractivity (Wildman–Crippen MR) is 57.4 cm³/mol. The van der Waals surface area contributed by atoms with Gasteiger partial charge in [0.15, 0.2) is 0 Å². The highest BCUT2D eigenvalue weighted by molar-refractivity contribution is 7.84. The van der Waals surface area contributed by atoms with Crippen molar-refractivity contribution >= 4 is 10.8 Å². The third kappa shape index (κ3) is 2.39. The third-order valence-corrected chi connectivity index (χ3v) is 4.21. The fraction of sp³-hybridized carbons (Fsp3) is 0.500. The van der Waals surface area contributed by atoms with Crippen molar-refractivity contribution in [1.29, 1.82) is 0 Å². The monoisotopic (exact) mass is 210 g/mol. The summed E-state index contributed by atoms with van der Waals surface area (Å²) in [4.78, 5) is 3.94. The van der Waals surface area contributed by atoms with Crippen molar-refractivity contribution < 1.29 is 4.21 Å². The van der Waals surface area contributed by atoms with Gasteiger partial charge in [0.1, 0.15) is 0 Å². The van der Waals surface area contributed by atoms with Crippen molar-refractivity contribution in [3.8, 4) is 0 Å². The van der Waals surface area contributed by atoms with Gasteiger partial charge in [0.2, 0.25) is 0 Å². The zero-order chi connectivity index (χ0) is 9.80. The van der Waals surface area contributed by atoms with Crippen LogP contribution in [-0.4, -0.2) is 27.5 Å². The molecule has 4 heteroatoms. The smallest absolute Gasteiger partial charge is 0.0490 e. The lowest BCUT2D eigenvalue weighted by Gasteiger charge is -2.07. The van der Waals surface area contributed by atoms with Crippen LogP contribution in [-0.2, 0) is 16.6 Å². The van der Waals surface area contributed by atoms with E-state index in [9.17, 15) is 4.21 Å². The first-order valence-corrected chi connectivity index (χ1v) is 6.21. The minimum Gasteiger partial charge on any atom is -0.315 e. The Morgan fingerprint density at radius 2 is 2.29 bits per heavy atom. The van der Waals surface area contributed by atoms with Crippen LogP contribution in [0.25, 0.3) is 0 Å². The Morgan fingerprint density at radius 1 is 1.50 bits per heavy atom. The molecule has 3 nitrogen and oxygen atoms in total. The highest BCUT2D eigenvalue weighted by Crippen LogP contribution is 2.11. The van der Waals surface area contributed by atoms with E-state index in [1.807, 2.05) is 12.1 Å². The van der Waals surface area contributed by atoms with Gasteiger partial charge in [0.25, 0.3) is 0 Å². The van der Waals surface area contributed by atoms with Gasteiger partial charge >= 0.3 is 0 Å². The molecule has 1 aliphatic rings. The molecule has 1 saturated heterocycles. The van der Waals surface area contributed by atoms with E-state index >= 15 is 0 Å². The highest BCUT2D eigenvalue weighted by Gasteiger charge is 2.20. The van der Waals surface area contributed by atoms with E-state index in [1.54, 1.807) is 12.4 Å². The minimum atomic E-state index is -0.737. The van der Waals surface area contributed by atoms with Gasteiger partial charge in [0, 0.05) is 40.7 Å². The molecule has 0 aromatic carbocycles. The van der Waals surface area contributed by atoms with Gasteiger partial charge in [0.05, 0.1) is 0 Å². The average molecular weight is 210 g/mol. The normalized spacial score (nSPS) is 23.6. The van der Waals surface area contributed by atoms with E-state index < -0.39 is 10.8 Å². The van der Waals surface area contributed by atoms with Crippen molar-refractivity contribution in [1.82, 2.24) is 10.3 Å². The lowest BCUT2D eigenvalue weighted by Crippen LogP contribution is -2.19. The van der Waals surface area contributed by atoms with Crippen LogP contribution in [0.1, 0.15) is 12.0 Å². The number of nitrogens with zero attached hydrogens (tertiary/aromatic N) is 1. The van der Waals surface area contributed by atoms with E-state index in [4.69, 9.17) is 0 Å². The van der Waals surface area contributed by atoms with Gasteiger partial charge in [-0.15, -0.1) is 0 Å². The molecule has 1 aromatic heterocycles. The number of hydrogen-bond acceptors (Lipinski definition) is 3. The molecule has 0 unspecified atom stereocenters. The van der Waals surface area contributed by atoms with Gasteiger partial charge in [-0.3, -0.25) is 9.19 Å². The standard InChI is InChI=1S/C10H14N2OS/c13-14(10-3-6-12-7-10)8-9-1-4-11-5-2-9/h1-2,4-5,10,12H,3,6-8H2/t10-,14-/m0/s1. The number of aromatic nitrogens is 1. The Hall–Kier alpha value is -0.740. The molecule has 0 amide bonds. The Bertz CT molecular complexity index is 309. The average Bonchev–Trinajstić information content (AvgIpc) is 2.72. The van der Waals surface area contributed by atoms with Crippen LogP contribution in [0.5, 0.6) is 0 Å². The Kier molecular flexibility index (Phi) is 3.26. The number of hydrogen-bond donors (Lipinski definition) is 1. The lowest BCUT2D eigenvalue weighted by atomic mass is 10.3. The summed E-state index contributed by atoms with van der Waals surface area (Å²) in [5, 5.41) is 3.57. The van der Waals surface area contributed by atoms with Crippen LogP contribution in [0.2, 0.25) is 0 Å². The van der Waals surface area contributed by atoms with E-state index in [-0.39, 0.29) is 0 Å². The summed E-state index contributed by atoms with van der Waals surface area (Å²) in [7, 11) is -0.737. The van der Waals surface area contributed by atoms with E-state index in [1.165, 1.54) is 0 Å². The molecule has 1 aliphatic heterocycles. The number of pyridine rings is 1. The topological polar surface area (TPSA) is 42.0 Å². The summed E-state index contributed by atoms with van der Waals surface area (Å²) >= 11 is 0. The Morgan fingerprint density at radius 3 is 2.93 bits per heavy atom. The van der Waals surface area contributed by atoms with Crippen LogP contribution in [0.15, 0.2) is 24.5 Å². The van der Waals surface area contributed by atoms with E-state index in [2.05, 4.69) is 10.3 Å². The fourth-order valence-corrected chi connectivity index (χ4v) is 3.05. The fourth-order valence-electron chi connectivity index (χ4n) is 1.61. The first-order chi connectivity index (χ1) is 6.86. The van der Waals surface area contributed by atoms with Crippen molar-refractivity contribution in [2.24, 2.45) is 0 Å². The largest absolute Gasteiger partial charge is 0.315 e. The first-order valence-electron chi connectivity index (χ1n) is 4.83. The highest BCUT2D eigenvalue weighted by atomic mass is 32.2. The zero-order valence-electron chi connectivity index (χ0n) is 7.98. The molecular weight excluding hydrogens is 196 g/mol. The molecule has 2 heterocycles.